The standard InChI is InChI=1S/C15H20N2O2/c1-4-12-13(18)17(5-2)15(3,14(19)16-12)11-9-7-6-8-10-11/h6-10,12H,4-5H2,1-3H3,(H,16,19). The molecule has 0 bridgehead atoms. The lowest BCUT2D eigenvalue weighted by atomic mass is 9.85. The van der Waals surface area contributed by atoms with E-state index in [0.29, 0.717) is 13.0 Å². The van der Waals surface area contributed by atoms with Crippen LogP contribution in [0.1, 0.15) is 32.8 Å². The molecule has 0 aliphatic carbocycles. The second kappa shape index (κ2) is 5.03. The molecule has 1 heterocycles. The highest BCUT2D eigenvalue weighted by molar-refractivity contribution is 6.00. The van der Waals surface area contributed by atoms with Crippen molar-refractivity contribution in [3.8, 4) is 0 Å². The molecule has 0 spiro atoms. The predicted octanol–water partition coefficient (Wildman–Crippen LogP) is 1.66. The summed E-state index contributed by atoms with van der Waals surface area (Å²) in [6.07, 6.45) is 0.617. The molecule has 2 atom stereocenters. The minimum atomic E-state index is -0.918. The van der Waals surface area contributed by atoms with Crippen molar-refractivity contribution < 1.29 is 9.59 Å². The van der Waals surface area contributed by atoms with Crippen LogP contribution in [0.3, 0.4) is 0 Å². The zero-order valence-electron chi connectivity index (χ0n) is 11.6. The molecule has 1 N–H and O–H groups in total. The van der Waals surface area contributed by atoms with Gasteiger partial charge in [0, 0.05) is 6.54 Å². The summed E-state index contributed by atoms with van der Waals surface area (Å²) in [7, 11) is 0. The topological polar surface area (TPSA) is 49.4 Å². The van der Waals surface area contributed by atoms with Crippen molar-refractivity contribution in [3.63, 3.8) is 0 Å². The molecule has 2 unspecified atom stereocenters. The van der Waals surface area contributed by atoms with Crippen LogP contribution in [0, 0.1) is 0 Å². The van der Waals surface area contributed by atoms with Gasteiger partial charge >= 0.3 is 0 Å². The number of nitrogens with one attached hydrogen (secondary N) is 1. The van der Waals surface area contributed by atoms with Crippen molar-refractivity contribution in [1.82, 2.24) is 10.2 Å². The zero-order chi connectivity index (χ0) is 14.0. The Morgan fingerprint density at radius 1 is 1.21 bits per heavy atom. The van der Waals surface area contributed by atoms with Gasteiger partial charge in [0.05, 0.1) is 0 Å². The summed E-state index contributed by atoms with van der Waals surface area (Å²) in [4.78, 5) is 26.6. The van der Waals surface area contributed by atoms with Gasteiger partial charge < -0.3 is 10.2 Å². The summed E-state index contributed by atoms with van der Waals surface area (Å²) in [5.74, 6) is -0.108. The average molecular weight is 260 g/mol. The Labute approximate surface area is 113 Å². The summed E-state index contributed by atoms with van der Waals surface area (Å²) < 4.78 is 0. The molecule has 1 aromatic carbocycles. The van der Waals surface area contributed by atoms with E-state index in [-0.39, 0.29) is 11.8 Å². The van der Waals surface area contributed by atoms with Gasteiger partial charge in [0.2, 0.25) is 5.91 Å². The third-order valence-corrected chi connectivity index (χ3v) is 3.91. The SMILES string of the molecule is CCC1NC(=O)C(C)(c2ccccc2)N(CC)C1=O. The van der Waals surface area contributed by atoms with Crippen LogP contribution in [0.2, 0.25) is 0 Å². The van der Waals surface area contributed by atoms with Gasteiger partial charge in [-0.1, -0.05) is 37.3 Å². The molecule has 2 amide bonds. The van der Waals surface area contributed by atoms with E-state index in [0.717, 1.165) is 5.56 Å². The molecule has 102 valence electrons. The second-order valence-corrected chi connectivity index (χ2v) is 4.96. The lowest BCUT2D eigenvalue weighted by Crippen LogP contribution is -2.67. The van der Waals surface area contributed by atoms with Crippen LogP contribution in [-0.4, -0.2) is 29.3 Å². The Kier molecular flexibility index (Phi) is 3.60. The van der Waals surface area contributed by atoms with Crippen molar-refractivity contribution in [2.45, 2.75) is 38.8 Å². The van der Waals surface area contributed by atoms with E-state index in [1.807, 2.05) is 51.1 Å². The van der Waals surface area contributed by atoms with Crippen LogP contribution >= 0.6 is 0 Å². The molecule has 0 saturated carbocycles. The maximum atomic E-state index is 12.5. The smallest absolute Gasteiger partial charge is 0.251 e. The van der Waals surface area contributed by atoms with Gasteiger partial charge in [-0.15, -0.1) is 0 Å². The molecule has 1 aromatic rings. The first-order valence-electron chi connectivity index (χ1n) is 6.73. The summed E-state index contributed by atoms with van der Waals surface area (Å²) in [6, 6.07) is 9.06. The maximum absolute atomic E-state index is 12.5. The molecule has 1 fully saturated rings. The van der Waals surface area contributed by atoms with E-state index in [2.05, 4.69) is 5.32 Å². The number of carbonyl (C=O) groups excluding carboxylic acids is 2. The van der Waals surface area contributed by atoms with Crippen LogP contribution in [-0.2, 0) is 15.1 Å². The highest BCUT2D eigenvalue weighted by Crippen LogP contribution is 2.32. The van der Waals surface area contributed by atoms with Crippen LogP contribution in [0.15, 0.2) is 30.3 Å². The molecule has 4 heteroatoms. The summed E-state index contributed by atoms with van der Waals surface area (Å²) in [5.41, 5.74) is -0.0732. The zero-order valence-corrected chi connectivity index (χ0v) is 11.6. The Morgan fingerprint density at radius 3 is 2.37 bits per heavy atom. The van der Waals surface area contributed by atoms with Crippen LogP contribution in [0.25, 0.3) is 0 Å². The second-order valence-electron chi connectivity index (χ2n) is 4.96. The fraction of sp³-hybridized carbons (Fsp3) is 0.467. The fourth-order valence-electron chi connectivity index (χ4n) is 2.69. The number of carbonyl (C=O) groups is 2. The van der Waals surface area contributed by atoms with Crippen LogP contribution in [0.5, 0.6) is 0 Å². The average Bonchev–Trinajstić information content (AvgIpc) is 2.44. The van der Waals surface area contributed by atoms with E-state index in [4.69, 9.17) is 0 Å². The van der Waals surface area contributed by atoms with Gasteiger partial charge in [-0.25, -0.2) is 0 Å². The summed E-state index contributed by atoms with van der Waals surface area (Å²) in [5, 5.41) is 2.84. The molecular weight excluding hydrogens is 240 g/mol. The molecule has 1 aliphatic heterocycles. The van der Waals surface area contributed by atoms with Gasteiger partial charge in [0.1, 0.15) is 11.6 Å². The third-order valence-electron chi connectivity index (χ3n) is 3.91. The first kappa shape index (κ1) is 13.6. The van der Waals surface area contributed by atoms with Gasteiger partial charge in [0.25, 0.3) is 5.91 Å². The van der Waals surface area contributed by atoms with E-state index in [9.17, 15) is 9.59 Å². The lowest BCUT2D eigenvalue weighted by Gasteiger charge is -2.46. The molecular formula is C15H20N2O2. The highest BCUT2D eigenvalue weighted by atomic mass is 16.2. The largest absolute Gasteiger partial charge is 0.342 e. The van der Waals surface area contributed by atoms with Crippen LogP contribution in [0.4, 0.5) is 0 Å². The lowest BCUT2D eigenvalue weighted by molar-refractivity contribution is -0.157. The van der Waals surface area contributed by atoms with Crippen molar-refractivity contribution in [2.24, 2.45) is 0 Å². The number of likely N-dealkylation sites (N-methyl/N-ethyl adjacent to an activating group) is 1. The Bertz CT molecular complexity index is 486. The van der Waals surface area contributed by atoms with E-state index < -0.39 is 11.6 Å². The normalized spacial score (nSPS) is 27.3. The molecule has 2 rings (SSSR count). The Morgan fingerprint density at radius 2 is 1.84 bits per heavy atom. The summed E-state index contributed by atoms with van der Waals surface area (Å²) in [6.45, 7) is 6.14. The first-order chi connectivity index (χ1) is 9.05. The number of benzene rings is 1. The van der Waals surface area contributed by atoms with E-state index in [1.54, 1.807) is 4.90 Å². The first-order valence-corrected chi connectivity index (χ1v) is 6.73. The fourth-order valence-corrected chi connectivity index (χ4v) is 2.69. The Balaban J connectivity index is 2.48. The van der Waals surface area contributed by atoms with Crippen molar-refractivity contribution >= 4 is 11.8 Å². The molecule has 1 aliphatic rings. The number of hydrogen-bond donors (Lipinski definition) is 1. The minimum absolute atomic E-state index is 0.00375. The number of rotatable bonds is 3. The molecule has 19 heavy (non-hydrogen) atoms. The predicted molar refractivity (Wildman–Crippen MR) is 73.4 cm³/mol. The van der Waals surface area contributed by atoms with Gasteiger partial charge in [0.15, 0.2) is 0 Å². The summed E-state index contributed by atoms with van der Waals surface area (Å²) >= 11 is 0. The number of piperazine rings is 1. The third kappa shape index (κ3) is 2.01. The number of hydrogen-bond acceptors (Lipinski definition) is 2. The van der Waals surface area contributed by atoms with Gasteiger partial charge in [-0.2, -0.15) is 0 Å². The van der Waals surface area contributed by atoms with E-state index in [1.165, 1.54) is 0 Å². The number of amides is 2. The number of nitrogens with zero attached hydrogens (tertiary/aromatic N) is 1. The van der Waals surface area contributed by atoms with Gasteiger partial charge in [-0.05, 0) is 25.8 Å². The highest BCUT2D eigenvalue weighted by Gasteiger charge is 2.49. The van der Waals surface area contributed by atoms with Crippen molar-refractivity contribution in [1.29, 1.82) is 0 Å². The molecule has 0 aromatic heterocycles. The molecule has 1 saturated heterocycles. The van der Waals surface area contributed by atoms with Crippen molar-refractivity contribution in [2.75, 3.05) is 6.54 Å². The van der Waals surface area contributed by atoms with E-state index >= 15 is 0 Å². The Hall–Kier alpha value is -1.84. The minimum Gasteiger partial charge on any atom is -0.342 e. The molecule has 4 nitrogen and oxygen atoms in total. The molecule has 0 radical (unpaired) electrons. The van der Waals surface area contributed by atoms with Crippen LogP contribution < -0.4 is 5.32 Å². The van der Waals surface area contributed by atoms with Crippen molar-refractivity contribution in [3.05, 3.63) is 35.9 Å². The van der Waals surface area contributed by atoms with Gasteiger partial charge in [-0.3, -0.25) is 9.59 Å². The maximum Gasteiger partial charge on any atom is 0.251 e. The quantitative estimate of drug-likeness (QED) is 0.898. The monoisotopic (exact) mass is 260 g/mol.